The second kappa shape index (κ2) is 8.77. The molecule has 1 aromatic rings. The van der Waals surface area contributed by atoms with Gasteiger partial charge in [0.1, 0.15) is 10.9 Å². The molecule has 1 aromatic carbocycles. The number of aliphatic carboxylic acids is 1. The lowest BCUT2D eigenvalue weighted by atomic mass is 10.1. The largest absolute Gasteiger partial charge is 0.481 e. The first-order chi connectivity index (χ1) is 11.9. The minimum absolute atomic E-state index is 0.0133. The van der Waals surface area contributed by atoms with Crippen LogP contribution in [0.2, 0.25) is 0 Å². The van der Waals surface area contributed by atoms with E-state index in [0.29, 0.717) is 15.6 Å². The molecule has 0 bridgehead atoms. The normalized spacial score (nSPS) is 15.7. The van der Waals surface area contributed by atoms with Crippen LogP contribution in [-0.2, 0) is 14.4 Å². The van der Waals surface area contributed by atoms with Crippen molar-refractivity contribution in [3.05, 3.63) is 40.3 Å². The zero-order chi connectivity index (χ0) is 18.4. The third kappa shape index (κ3) is 5.68. The Balaban J connectivity index is 1.93. The van der Waals surface area contributed by atoms with Crippen molar-refractivity contribution in [3.8, 4) is 0 Å². The van der Waals surface area contributed by atoms with Gasteiger partial charge < -0.3 is 10.4 Å². The molecule has 0 aliphatic carbocycles. The molecule has 1 aliphatic rings. The Morgan fingerprint density at radius 2 is 2.00 bits per heavy atom. The molecule has 132 valence electrons. The van der Waals surface area contributed by atoms with Crippen LogP contribution in [-0.4, -0.2) is 45.2 Å². The summed E-state index contributed by atoms with van der Waals surface area (Å²) in [6.45, 7) is 2.07. The lowest BCUT2D eigenvalue weighted by molar-refractivity contribution is -0.137. The zero-order valence-corrected chi connectivity index (χ0v) is 15.3. The van der Waals surface area contributed by atoms with Crippen LogP contribution < -0.4 is 5.32 Å². The van der Waals surface area contributed by atoms with Crippen LogP contribution in [0.4, 0.5) is 0 Å². The van der Waals surface area contributed by atoms with Crippen LogP contribution in [0.15, 0.2) is 29.2 Å². The van der Waals surface area contributed by atoms with Gasteiger partial charge in [-0.1, -0.05) is 53.8 Å². The van der Waals surface area contributed by atoms with Gasteiger partial charge in [0.05, 0.1) is 4.91 Å². The van der Waals surface area contributed by atoms with Crippen LogP contribution in [0.5, 0.6) is 0 Å². The van der Waals surface area contributed by atoms with Gasteiger partial charge in [-0.3, -0.25) is 19.3 Å². The second-order valence-corrected chi connectivity index (χ2v) is 7.20. The Kier molecular flexibility index (Phi) is 6.72. The highest BCUT2D eigenvalue weighted by molar-refractivity contribution is 8.26. The molecule has 8 heteroatoms. The molecule has 0 spiro atoms. The number of nitrogens with one attached hydrogen (secondary N) is 1. The van der Waals surface area contributed by atoms with E-state index in [-0.39, 0.29) is 31.3 Å². The third-order valence-corrected chi connectivity index (χ3v) is 4.82. The molecule has 0 saturated carbocycles. The summed E-state index contributed by atoms with van der Waals surface area (Å²) in [6.07, 6.45) is 2.08. The maximum Gasteiger partial charge on any atom is 0.303 e. The van der Waals surface area contributed by atoms with Gasteiger partial charge in [-0.2, -0.15) is 0 Å². The van der Waals surface area contributed by atoms with Gasteiger partial charge in [0.15, 0.2) is 0 Å². The highest BCUT2D eigenvalue weighted by Gasteiger charge is 2.33. The number of rotatable bonds is 7. The lowest BCUT2D eigenvalue weighted by Gasteiger charge is -2.13. The summed E-state index contributed by atoms with van der Waals surface area (Å²) < 4.78 is 0.337. The summed E-state index contributed by atoms with van der Waals surface area (Å²) in [5.74, 6) is -1.57. The van der Waals surface area contributed by atoms with Crippen LogP contribution in [0.25, 0.3) is 6.08 Å². The van der Waals surface area contributed by atoms with E-state index in [4.69, 9.17) is 17.3 Å². The van der Waals surface area contributed by atoms with Crippen molar-refractivity contribution in [2.75, 3.05) is 13.1 Å². The monoisotopic (exact) mass is 378 g/mol. The molecule has 0 atom stereocenters. The number of nitrogens with zero attached hydrogens (tertiary/aromatic N) is 1. The van der Waals surface area contributed by atoms with E-state index in [9.17, 15) is 14.4 Å². The predicted molar refractivity (Wildman–Crippen MR) is 101 cm³/mol. The number of thiocarbonyl (C=S) groups is 1. The smallest absolute Gasteiger partial charge is 0.303 e. The molecule has 0 radical (unpaired) electrons. The Hall–Kier alpha value is -2.19. The molecule has 2 rings (SSSR count). The van der Waals surface area contributed by atoms with E-state index >= 15 is 0 Å². The van der Waals surface area contributed by atoms with E-state index < -0.39 is 5.97 Å². The maximum absolute atomic E-state index is 12.4. The SMILES string of the molecule is Cc1ccc(C=C2SC(=S)N(CC(=O)NCCCC(=O)O)C2=O)cc1. The average Bonchev–Trinajstić information content (AvgIpc) is 2.81. The number of carbonyl (C=O) groups excluding carboxylic acids is 2. The number of aryl methyl sites for hydroxylation is 1. The lowest BCUT2D eigenvalue weighted by Crippen LogP contribution is -2.39. The zero-order valence-electron chi connectivity index (χ0n) is 13.7. The van der Waals surface area contributed by atoms with Gasteiger partial charge in [-0.15, -0.1) is 0 Å². The average molecular weight is 378 g/mol. The molecule has 1 saturated heterocycles. The second-order valence-electron chi connectivity index (χ2n) is 5.53. The Labute approximate surface area is 155 Å². The first kappa shape index (κ1) is 19.1. The molecule has 25 heavy (non-hydrogen) atoms. The first-order valence-electron chi connectivity index (χ1n) is 7.67. The predicted octanol–water partition coefficient (Wildman–Crippen LogP) is 2.18. The highest BCUT2D eigenvalue weighted by atomic mass is 32.2. The summed E-state index contributed by atoms with van der Waals surface area (Å²) in [7, 11) is 0. The summed E-state index contributed by atoms with van der Waals surface area (Å²) >= 11 is 6.36. The van der Waals surface area contributed by atoms with E-state index in [1.165, 1.54) is 16.7 Å². The number of thioether (sulfide) groups is 1. The number of carboxylic acids is 1. The Morgan fingerprint density at radius 3 is 2.64 bits per heavy atom. The summed E-state index contributed by atoms with van der Waals surface area (Å²) in [5, 5.41) is 11.1. The molecule has 2 amide bonds. The summed E-state index contributed by atoms with van der Waals surface area (Å²) in [5.41, 5.74) is 2.02. The number of amides is 2. The van der Waals surface area contributed by atoms with Crippen molar-refractivity contribution in [1.29, 1.82) is 0 Å². The van der Waals surface area contributed by atoms with E-state index in [0.717, 1.165) is 11.1 Å². The van der Waals surface area contributed by atoms with Gasteiger partial charge in [0.25, 0.3) is 5.91 Å². The van der Waals surface area contributed by atoms with Crippen molar-refractivity contribution < 1.29 is 19.5 Å². The van der Waals surface area contributed by atoms with Crippen molar-refractivity contribution in [2.45, 2.75) is 19.8 Å². The molecule has 0 aromatic heterocycles. The fraction of sp³-hybridized carbons (Fsp3) is 0.294. The Morgan fingerprint density at radius 1 is 1.32 bits per heavy atom. The van der Waals surface area contributed by atoms with Gasteiger partial charge in [0.2, 0.25) is 5.91 Å². The Bertz CT molecular complexity index is 729. The first-order valence-corrected chi connectivity index (χ1v) is 8.90. The molecule has 6 nitrogen and oxygen atoms in total. The highest BCUT2D eigenvalue weighted by Crippen LogP contribution is 2.32. The van der Waals surface area contributed by atoms with E-state index in [2.05, 4.69) is 5.32 Å². The van der Waals surface area contributed by atoms with Crippen molar-refractivity contribution in [2.24, 2.45) is 0 Å². The molecule has 0 unspecified atom stereocenters. The fourth-order valence-electron chi connectivity index (χ4n) is 2.12. The van der Waals surface area contributed by atoms with E-state index in [1.54, 1.807) is 6.08 Å². The molecule has 1 aliphatic heterocycles. The van der Waals surface area contributed by atoms with Gasteiger partial charge >= 0.3 is 5.97 Å². The maximum atomic E-state index is 12.4. The van der Waals surface area contributed by atoms with Crippen molar-refractivity contribution in [1.82, 2.24) is 10.2 Å². The number of hydrogen-bond donors (Lipinski definition) is 2. The van der Waals surface area contributed by atoms with Gasteiger partial charge in [-0.05, 0) is 25.0 Å². The fourth-order valence-corrected chi connectivity index (χ4v) is 3.37. The molecular weight excluding hydrogens is 360 g/mol. The minimum atomic E-state index is -0.910. The quantitative estimate of drug-likeness (QED) is 0.430. The molecular formula is C17H18N2O4S2. The summed E-state index contributed by atoms with van der Waals surface area (Å²) in [4.78, 5) is 36.5. The number of carbonyl (C=O) groups is 3. The number of benzene rings is 1. The minimum Gasteiger partial charge on any atom is -0.481 e. The van der Waals surface area contributed by atoms with Crippen molar-refractivity contribution in [3.63, 3.8) is 0 Å². The van der Waals surface area contributed by atoms with Crippen LogP contribution in [0, 0.1) is 6.92 Å². The molecule has 1 heterocycles. The van der Waals surface area contributed by atoms with E-state index in [1.807, 2.05) is 31.2 Å². The van der Waals surface area contributed by atoms with Crippen LogP contribution >= 0.6 is 24.0 Å². The number of hydrogen-bond acceptors (Lipinski definition) is 5. The topological polar surface area (TPSA) is 86.7 Å². The molecule has 1 fully saturated rings. The van der Waals surface area contributed by atoms with Crippen molar-refractivity contribution >= 4 is 52.2 Å². The standard InChI is InChI=1S/C17H18N2O4S2/c1-11-4-6-12(7-5-11)9-13-16(23)19(17(24)25-13)10-14(20)18-8-2-3-15(21)22/h4-7,9H,2-3,8,10H2,1H3,(H,18,20)(H,21,22). The molecule has 2 N–H and O–H groups in total. The van der Waals surface area contributed by atoms with Gasteiger partial charge in [0, 0.05) is 13.0 Å². The van der Waals surface area contributed by atoms with Gasteiger partial charge in [-0.25, -0.2) is 0 Å². The van der Waals surface area contributed by atoms with Crippen LogP contribution in [0.3, 0.4) is 0 Å². The van der Waals surface area contributed by atoms with Crippen LogP contribution in [0.1, 0.15) is 24.0 Å². The third-order valence-electron chi connectivity index (χ3n) is 3.44. The number of carboxylic acid groups (broad SMARTS) is 1. The summed E-state index contributed by atoms with van der Waals surface area (Å²) in [6, 6.07) is 7.74.